The number of aliphatic carboxylic acids is 1. The summed E-state index contributed by atoms with van der Waals surface area (Å²) >= 11 is 0. The largest absolute Gasteiger partial charge is 0.481 e. The quantitative estimate of drug-likeness (QED) is 0.817. The highest BCUT2D eigenvalue weighted by atomic mass is 16.4. The van der Waals surface area contributed by atoms with Crippen molar-refractivity contribution in [2.45, 2.75) is 32.6 Å². The number of carbonyl (C=O) groups is 1. The average Bonchev–Trinajstić information content (AvgIpc) is 3.08. The summed E-state index contributed by atoms with van der Waals surface area (Å²) in [4.78, 5) is 23.7. The van der Waals surface area contributed by atoms with Gasteiger partial charge in [0, 0.05) is 18.3 Å². The van der Waals surface area contributed by atoms with E-state index in [1.807, 2.05) is 0 Å². The molecule has 4 unspecified atom stereocenters. The van der Waals surface area contributed by atoms with E-state index in [4.69, 9.17) is 0 Å². The van der Waals surface area contributed by atoms with Crippen LogP contribution in [-0.4, -0.2) is 22.3 Å². The van der Waals surface area contributed by atoms with Crippen LogP contribution >= 0.6 is 0 Å². The molecule has 5 nitrogen and oxygen atoms in total. The van der Waals surface area contributed by atoms with E-state index in [-0.39, 0.29) is 5.56 Å². The third-order valence-corrected chi connectivity index (χ3v) is 5.09. The monoisotopic (exact) mass is 302 g/mol. The second-order valence-electron chi connectivity index (χ2n) is 6.55. The SMILES string of the molecule is Cc1ccn(NCC2CC3C=CC2C3)c(=O)c1C(C)C(=O)O. The normalized spacial score (nSPS) is 27.1. The number of nitrogens with one attached hydrogen (secondary N) is 1. The van der Waals surface area contributed by atoms with Crippen LogP contribution in [0.2, 0.25) is 0 Å². The molecule has 0 amide bonds. The maximum absolute atomic E-state index is 12.5. The third kappa shape index (κ3) is 2.56. The van der Waals surface area contributed by atoms with Crippen molar-refractivity contribution < 1.29 is 9.90 Å². The molecule has 118 valence electrons. The first-order valence-corrected chi connectivity index (χ1v) is 7.84. The van der Waals surface area contributed by atoms with Crippen LogP contribution in [0, 0.1) is 24.7 Å². The van der Waals surface area contributed by atoms with E-state index in [2.05, 4.69) is 17.6 Å². The summed E-state index contributed by atoms with van der Waals surface area (Å²) in [5.41, 5.74) is 4.00. The zero-order valence-electron chi connectivity index (χ0n) is 13.0. The fraction of sp³-hybridized carbons (Fsp3) is 0.529. The Kier molecular flexibility index (Phi) is 3.81. The van der Waals surface area contributed by atoms with Gasteiger partial charge >= 0.3 is 5.97 Å². The molecule has 0 aliphatic heterocycles. The van der Waals surface area contributed by atoms with Crippen molar-refractivity contribution in [1.82, 2.24) is 4.68 Å². The molecular formula is C17H22N2O3. The number of hydrogen-bond acceptors (Lipinski definition) is 3. The number of rotatable bonds is 5. The minimum atomic E-state index is -0.976. The molecule has 2 aliphatic rings. The predicted molar refractivity (Wildman–Crippen MR) is 84.6 cm³/mol. The molecule has 1 saturated carbocycles. The predicted octanol–water partition coefficient (Wildman–Crippen LogP) is 2.10. The number of nitrogens with zero attached hydrogens (tertiary/aromatic N) is 1. The molecule has 3 rings (SSSR count). The highest BCUT2D eigenvalue weighted by Gasteiger charge is 2.35. The highest BCUT2D eigenvalue weighted by Crippen LogP contribution is 2.43. The van der Waals surface area contributed by atoms with Gasteiger partial charge in [-0.2, -0.15) is 0 Å². The van der Waals surface area contributed by atoms with E-state index < -0.39 is 11.9 Å². The lowest BCUT2D eigenvalue weighted by molar-refractivity contribution is -0.138. The lowest BCUT2D eigenvalue weighted by Crippen LogP contribution is -2.36. The molecule has 0 radical (unpaired) electrons. The molecule has 2 N–H and O–H groups in total. The number of hydrogen-bond donors (Lipinski definition) is 2. The molecule has 2 aliphatic carbocycles. The van der Waals surface area contributed by atoms with E-state index >= 15 is 0 Å². The van der Waals surface area contributed by atoms with Gasteiger partial charge in [-0.15, -0.1) is 0 Å². The minimum absolute atomic E-state index is 0.256. The lowest BCUT2D eigenvalue weighted by Gasteiger charge is -2.21. The summed E-state index contributed by atoms with van der Waals surface area (Å²) in [6.07, 6.45) is 8.69. The van der Waals surface area contributed by atoms with Crippen molar-refractivity contribution in [3.63, 3.8) is 0 Å². The van der Waals surface area contributed by atoms with Crippen LogP contribution in [0.1, 0.15) is 36.8 Å². The van der Waals surface area contributed by atoms with Crippen LogP contribution in [0.5, 0.6) is 0 Å². The number of aromatic nitrogens is 1. The van der Waals surface area contributed by atoms with Crippen LogP contribution in [0.4, 0.5) is 0 Å². The maximum atomic E-state index is 12.5. The van der Waals surface area contributed by atoms with Gasteiger partial charge in [0.05, 0.1) is 5.92 Å². The summed E-state index contributed by atoms with van der Waals surface area (Å²) in [5, 5.41) is 9.17. The van der Waals surface area contributed by atoms with Crippen LogP contribution in [0.3, 0.4) is 0 Å². The first kappa shape index (κ1) is 14.9. The molecule has 0 spiro atoms. The first-order chi connectivity index (χ1) is 10.5. The Bertz CT molecular complexity index is 677. The second kappa shape index (κ2) is 5.63. The van der Waals surface area contributed by atoms with E-state index in [1.54, 1.807) is 26.1 Å². The summed E-state index contributed by atoms with van der Waals surface area (Å²) in [6.45, 7) is 4.08. The molecule has 2 bridgehead atoms. The molecule has 0 aromatic carbocycles. The van der Waals surface area contributed by atoms with Gasteiger partial charge in [-0.1, -0.05) is 12.2 Å². The summed E-state index contributed by atoms with van der Waals surface area (Å²) in [5.74, 6) is 0.108. The molecule has 1 aromatic heterocycles. The first-order valence-electron chi connectivity index (χ1n) is 7.84. The number of carboxylic acids is 1. The van der Waals surface area contributed by atoms with Gasteiger partial charge in [-0.3, -0.25) is 9.59 Å². The Balaban J connectivity index is 1.77. The van der Waals surface area contributed by atoms with Gasteiger partial charge in [0.25, 0.3) is 5.56 Å². The number of carboxylic acid groups (broad SMARTS) is 1. The van der Waals surface area contributed by atoms with Gasteiger partial charge in [-0.05, 0) is 56.1 Å². The van der Waals surface area contributed by atoms with Gasteiger partial charge in [-0.25, -0.2) is 4.68 Å². The molecule has 5 heteroatoms. The van der Waals surface area contributed by atoms with Gasteiger partial charge in [0.1, 0.15) is 0 Å². The van der Waals surface area contributed by atoms with Gasteiger partial charge in [0.15, 0.2) is 0 Å². The fourth-order valence-electron chi connectivity index (χ4n) is 3.76. The smallest absolute Gasteiger partial charge is 0.310 e. The Labute approximate surface area is 129 Å². The Morgan fingerprint density at radius 1 is 1.45 bits per heavy atom. The Hall–Kier alpha value is -2.04. The number of allylic oxidation sites excluding steroid dienone is 2. The Morgan fingerprint density at radius 3 is 2.82 bits per heavy atom. The van der Waals surface area contributed by atoms with Crippen LogP contribution in [0.15, 0.2) is 29.2 Å². The zero-order chi connectivity index (χ0) is 15.9. The molecule has 0 saturated heterocycles. The van der Waals surface area contributed by atoms with E-state index in [1.165, 1.54) is 17.5 Å². The fourth-order valence-corrected chi connectivity index (χ4v) is 3.76. The third-order valence-electron chi connectivity index (χ3n) is 5.09. The van der Waals surface area contributed by atoms with Crippen molar-refractivity contribution in [1.29, 1.82) is 0 Å². The summed E-state index contributed by atoms with van der Waals surface area (Å²) in [6, 6.07) is 1.80. The van der Waals surface area contributed by atoms with E-state index in [0.29, 0.717) is 23.3 Å². The van der Waals surface area contributed by atoms with Crippen LogP contribution in [0.25, 0.3) is 0 Å². The number of pyridine rings is 1. The number of fused-ring (bicyclic) bond motifs is 2. The molecular weight excluding hydrogens is 280 g/mol. The van der Waals surface area contributed by atoms with Crippen LogP contribution < -0.4 is 11.0 Å². The highest BCUT2D eigenvalue weighted by molar-refractivity contribution is 5.75. The van der Waals surface area contributed by atoms with Gasteiger partial charge in [0.2, 0.25) is 0 Å². The summed E-state index contributed by atoms with van der Waals surface area (Å²) in [7, 11) is 0. The Morgan fingerprint density at radius 2 is 2.23 bits per heavy atom. The van der Waals surface area contributed by atoms with Gasteiger partial charge < -0.3 is 10.5 Å². The average molecular weight is 302 g/mol. The van der Waals surface area contributed by atoms with E-state index in [9.17, 15) is 14.7 Å². The van der Waals surface area contributed by atoms with Crippen molar-refractivity contribution >= 4 is 5.97 Å². The van der Waals surface area contributed by atoms with Crippen molar-refractivity contribution in [3.05, 3.63) is 45.9 Å². The van der Waals surface area contributed by atoms with E-state index in [0.717, 1.165) is 12.1 Å². The maximum Gasteiger partial charge on any atom is 0.310 e. The number of aryl methyl sites for hydroxylation is 1. The topological polar surface area (TPSA) is 71.3 Å². The molecule has 22 heavy (non-hydrogen) atoms. The molecule has 1 heterocycles. The standard InChI is InChI=1S/C17H22N2O3/c1-10-5-6-19(16(20)15(10)11(2)17(21)22)18-9-14-8-12-3-4-13(14)7-12/h3-6,11-14,18H,7-9H2,1-2H3,(H,21,22). The minimum Gasteiger partial charge on any atom is -0.481 e. The van der Waals surface area contributed by atoms with Crippen LogP contribution in [-0.2, 0) is 4.79 Å². The molecule has 1 fully saturated rings. The molecule has 1 aromatic rings. The van der Waals surface area contributed by atoms with Crippen molar-refractivity contribution in [3.8, 4) is 0 Å². The van der Waals surface area contributed by atoms with Crippen molar-refractivity contribution in [2.75, 3.05) is 12.0 Å². The molecule has 4 atom stereocenters. The zero-order valence-corrected chi connectivity index (χ0v) is 13.0. The lowest BCUT2D eigenvalue weighted by atomic mass is 9.94. The summed E-state index contributed by atoms with van der Waals surface area (Å²) < 4.78 is 1.44. The van der Waals surface area contributed by atoms with Crippen molar-refractivity contribution in [2.24, 2.45) is 17.8 Å². The second-order valence-corrected chi connectivity index (χ2v) is 6.55.